The van der Waals surface area contributed by atoms with Gasteiger partial charge in [0, 0.05) is 27.7 Å². The maximum atomic E-state index is 6.37. The molecule has 3 aliphatic rings. The first-order chi connectivity index (χ1) is 25.6. The fourth-order valence-corrected chi connectivity index (χ4v) is 9.89. The molecule has 2 aliphatic heterocycles. The Kier molecular flexibility index (Phi) is 5.44. The summed E-state index contributed by atoms with van der Waals surface area (Å²) in [6, 6.07) is 54.1. The summed E-state index contributed by atoms with van der Waals surface area (Å²) in [4.78, 5) is 6.30. The predicted molar refractivity (Wildman–Crippen MR) is 216 cm³/mol. The smallest absolute Gasteiger partial charge is 0.206 e. The van der Waals surface area contributed by atoms with Crippen LogP contribution in [0.3, 0.4) is 0 Å². The van der Waals surface area contributed by atoms with E-state index in [4.69, 9.17) is 4.42 Å². The number of nitrogens with zero attached hydrogens (tertiary/aromatic N) is 1. The van der Waals surface area contributed by atoms with Crippen LogP contribution in [0.1, 0.15) is 47.6 Å². The van der Waals surface area contributed by atoms with E-state index in [1.807, 2.05) is 12.1 Å². The Labute approximate surface area is 302 Å². The summed E-state index contributed by atoms with van der Waals surface area (Å²) in [5.74, 6) is 0.337. The number of aromatic nitrogens is 1. The molecule has 0 amide bonds. The molecule has 0 saturated carbocycles. The molecule has 1 radical (unpaired) electrons. The van der Waals surface area contributed by atoms with Crippen molar-refractivity contribution < 1.29 is 4.42 Å². The number of benzene rings is 7. The van der Waals surface area contributed by atoms with Gasteiger partial charge >= 0.3 is 0 Å². The molecule has 2 aromatic heterocycles. The van der Waals surface area contributed by atoms with Gasteiger partial charge in [-0.05, 0) is 74.1 Å². The molecule has 12 rings (SSSR count). The minimum atomic E-state index is -0.428. The Hall–Kier alpha value is -6.26. The van der Waals surface area contributed by atoms with Crippen molar-refractivity contribution >= 4 is 68.2 Å². The van der Waals surface area contributed by atoms with Gasteiger partial charge in [-0.25, -0.2) is 0 Å². The quantitative estimate of drug-likeness (QED) is 0.187. The van der Waals surface area contributed by atoms with Gasteiger partial charge in [-0.3, -0.25) is 0 Å². The standard InChI is InChI=1S/C48H32BN2O/c1-27(2)28-25-34(31-16-11-17-33-43-32-15-5-10-24-42(32)52-47(43)50-45(31)33)44-41(26-28)51-40-23-9-8-20-37(40)48(38-21-12-22-39(49-44)46(38)51)35-18-6-3-13-29(35)30-14-4-7-19-36(30)48/h3-27,50H,1-2H3. The van der Waals surface area contributed by atoms with Crippen molar-refractivity contribution in [1.29, 1.82) is 0 Å². The van der Waals surface area contributed by atoms with Gasteiger partial charge in [0.2, 0.25) is 5.71 Å². The second-order valence-electron chi connectivity index (χ2n) is 14.9. The van der Waals surface area contributed by atoms with Crippen molar-refractivity contribution in [3.05, 3.63) is 173 Å². The largest absolute Gasteiger partial charge is 0.440 e. The first-order valence-corrected chi connectivity index (χ1v) is 18.3. The van der Waals surface area contributed by atoms with E-state index in [0.717, 1.165) is 27.6 Å². The van der Waals surface area contributed by atoms with Gasteiger partial charge in [0.25, 0.3) is 0 Å². The monoisotopic (exact) mass is 663 g/mol. The van der Waals surface area contributed by atoms with E-state index >= 15 is 0 Å². The van der Waals surface area contributed by atoms with Crippen LogP contribution in [0, 0.1) is 0 Å². The van der Waals surface area contributed by atoms with Crippen molar-refractivity contribution in [3.8, 4) is 22.3 Å². The Morgan fingerprint density at radius 3 is 2.06 bits per heavy atom. The summed E-state index contributed by atoms with van der Waals surface area (Å²) in [5, 5.41) is 3.47. The molecule has 4 heteroatoms. The zero-order chi connectivity index (χ0) is 34.3. The fraction of sp³-hybridized carbons (Fsp3) is 0.0833. The number of anilines is 3. The van der Waals surface area contributed by atoms with Gasteiger partial charge in [-0.15, -0.1) is 0 Å². The number of furan rings is 1. The zero-order valence-corrected chi connectivity index (χ0v) is 28.9. The second kappa shape index (κ2) is 9.95. The molecule has 7 aromatic carbocycles. The lowest BCUT2D eigenvalue weighted by Crippen LogP contribution is -2.47. The predicted octanol–water partition coefficient (Wildman–Crippen LogP) is 11.0. The second-order valence-corrected chi connectivity index (χ2v) is 14.9. The normalized spacial score (nSPS) is 14.4. The number of para-hydroxylation sites is 4. The summed E-state index contributed by atoms with van der Waals surface area (Å²) in [5.41, 5.74) is 20.3. The first kappa shape index (κ1) is 28.4. The Morgan fingerprint density at radius 2 is 1.25 bits per heavy atom. The maximum Gasteiger partial charge on any atom is 0.206 e. The van der Waals surface area contributed by atoms with Gasteiger partial charge in [-0.2, -0.15) is 0 Å². The third-order valence-electron chi connectivity index (χ3n) is 12.0. The van der Waals surface area contributed by atoms with Crippen molar-refractivity contribution in [2.24, 2.45) is 0 Å². The molecule has 52 heavy (non-hydrogen) atoms. The van der Waals surface area contributed by atoms with Crippen LogP contribution >= 0.6 is 0 Å². The number of rotatable bonds is 2. The molecule has 0 fully saturated rings. The summed E-state index contributed by atoms with van der Waals surface area (Å²) < 4.78 is 6.37. The third-order valence-corrected chi connectivity index (χ3v) is 12.0. The van der Waals surface area contributed by atoms with E-state index in [9.17, 15) is 0 Å². The topological polar surface area (TPSA) is 32.2 Å². The van der Waals surface area contributed by atoms with Crippen LogP contribution in [-0.4, -0.2) is 12.3 Å². The first-order valence-electron chi connectivity index (χ1n) is 18.3. The molecular weight excluding hydrogens is 631 g/mol. The van der Waals surface area contributed by atoms with E-state index < -0.39 is 5.41 Å². The van der Waals surface area contributed by atoms with Gasteiger partial charge in [-0.1, -0.05) is 147 Å². The van der Waals surface area contributed by atoms with Crippen LogP contribution in [0.5, 0.6) is 0 Å². The number of hydrogen-bond acceptors (Lipinski definition) is 2. The number of nitrogens with one attached hydrogen (secondary N) is 1. The van der Waals surface area contributed by atoms with E-state index in [2.05, 4.69) is 164 Å². The molecule has 4 heterocycles. The minimum Gasteiger partial charge on any atom is -0.440 e. The summed E-state index contributed by atoms with van der Waals surface area (Å²) >= 11 is 0. The van der Waals surface area contributed by atoms with Crippen LogP contribution in [-0.2, 0) is 5.41 Å². The van der Waals surface area contributed by atoms with Crippen molar-refractivity contribution in [3.63, 3.8) is 0 Å². The third kappa shape index (κ3) is 3.38. The molecule has 3 nitrogen and oxygen atoms in total. The number of H-pyrrole nitrogens is 1. The van der Waals surface area contributed by atoms with Crippen LogP contribution in [0.4, 0.5) is 17.1 Å². The average molecular weight is 664 g/mol. The Bertz CT molecular complexity index is 2950. The van der Waals surface area contributed by atoms with Crippen LogP contribution in [0.2, 0.25) is 0 Å². The summed E-state index contributed by atoms with van der Waals surface area (Å²) in [6.45, 7) is 4.61. The zero-order valence-electron chi connectivity index (χ0n) is 28.9. The van der Waals surface area contributed by atoms with E-state index in [-0.39, 0.29) is 0 Å². The highest BCUT2D eigenvalue weighted by Crippen LogP contribution is 2.63. The Morgan fingerprint density at radius 1 is 0.596 bits per heavy atom. The number of hydrogen-bond donors (Lipinski definition) is 1. The van der Waals surface area contributed by atoms with Gasteiger partial charge in [0.1, 0.15) is 5.58 Å². The molecule has 1 spiro atoms. The van der Waals surface area contributed by atoms with Crippen molar-refractivity contribution in [1.82, 2.24) is 4.98 Å². The van der Waals surface area contributed by atoms with Crippen LogP contribution in [0.25, 0.3) is 55.2 Å². The highest BCUT2D eigenvalue weighted by atomic mass is 16.3. The molecule has 0 unspecified atom stereocenters. The molecule has 0 atom stereocenters. The van der Waals surface area contributed by atoms with Crippen LogP contribution in [0.15, 0.2) is 150 Å². The van der Waals surface area contributed by atoms with E-state index in [0.29, 0.717) is 5.92 Å². The molecule has 0 bridgehead atoms. The lowest BCUT2D eigenvalue weighted by atomic mass is 9.54. The molecule has 1 N–H and O–H groups in total. The molecule has 0 saturated heterocycles. The van der Waals surface area contributed by atoms with Crippen molar-refractivity contribution in [2.75, 3.05) is 4.90 Å². The number of aromatic amines is 1. The lowest BCUT2D eigenvalue weighted by Gasteiger charge is -2.48. The molecule has 1 aliphatic carbocycles. The highest BCUT2D eigenvalue weighted by molar-refractivity contribution is 6.73. The Balaban J connectivity index is 1.16. The molecule has 243 valence electrons. The summed E-state index contributed by atoms with van der Waals surface area (Å²) in [7, 11) is 2.44. The average Bonchev–Trinajstić information content (AvgIpc) is 3.83. The highest BCUT2D eigenvalue weighted by Gasteiger charge is 2.52. The van der Waals surface area contributed by atoms with E-state index in [1.165, 1.54) is 83.4 Å². The van der Waals surface area contributed by atoms with Crippen LogP contribution < -0.4 is 15.8 Å². The lowest BCUT2D eigenvalue weighted by molar-refractivity contribution is 0.657. The number of fused-ring (bicyclic) bond motifs is 16. The SMILES string of the molecule is CC(C)c1cc(-c2cccc3c2[nH]c2oc4ccccc4c23)c2c(c1)N1c3ccccc3C3(c4ccccc4-c4ccccc43)c3cccc(c31)[B]2. The van der Waals surface area contributed by atoms with Gasteiger partial charge in [0.05, 0.1) is 22.0 Å². The molecular formula is C48H32BN2O. The van der Waals surface area contributed by atoms with Gasteiger partial charge < -0.3 is 14.3 Å². The maximum absolute atomic E-state index is 6.37. The summed E-state index contributed by atoms with van der Waals surface area (Å²) in [6.07, 6.45) is 0. The van der Waals surface area contributed by atoms with Crippen molar-refractivity contribution in [2.45, 2.75) is 25.2 Å². The fourth-order valence-electron chi connectivity index (χ4n) is 9.89. The van der Waals surface area contributed by atoms with E-state index in [1.54, 1.807) is 0 Å². The minimum absolute atomic E-state index is 0.337. The molecule has 9 aromatic rings. The van der Waals surface area contributed by atoms with Gasteiger partial charge in [0.15, 0.2) is 7.28 Å².